The molecule has 2 aromatic rings. The van der Waals surface area contributed by atoms with Crippen LogP contribution in [0.1, 0.15) is 56.5 Å². The van der Waals surface area contributed by atoms with Gasteiger partial charge in [-0.3, -0.25) is 0 Å². The highest BCUT2D eigenvalue weighted by molar-refractivity contribution is 5.76. The third-order valence-electron chi connectivity index (χ3n) is 4.87. The Morgan fingerprint density at radius 1 is 1.10 bits per heavy atom. The fourth-order valence-electron chi connectivity index (χ4n) is 3.81. The molecule has 1 aliphatic carbocycles. The van der Waals surface area contributed by atoms with E-state index < -0.39 is 0 Å². The van der Waals surface area contributed by atoms with Gasteiger partial charge in [0.1, 0.15) is 11.9 Å². The first kappa shape index (κ1) is 13.3. The molecule has 0 unspecified atom stereocenters. The molecule has 0 spiro atoms. The van der Waals surface area contributed by atoms with E-state index in [4.69, 9.17) is 9.72 Å². The van der Waals surface area contributed by atoms with Gasteiger partial charge >= 0.3 is 0 Å². The van der Waals surface area contributed by atoms with Gasteiger partial charge in [-0.15, -0.1) is 0 Å². The Bertz CT molecular complexity index is 631. The van der Waals surface area contributed by atoms with Crippen molar-refractivity contribution >= 4 is 11.0 Å². The van der Waals surface area contributed by atoms with Crippen LogP contribution in [0.5, 0.6) is 0 Å². The number of hydrogen-bond donors (Lipinski definition) is 1. The summed E-state index contributed by atoms with van der Waals surface area (Å²) >= 11 is 0. The summed E-state index contributed by atoms with van der Waals surface area (Å²) in [5, 5.41) is 10.5. The quantitative estimate of drug-likeness (QED) is 0.920. The highest BCUT2D eigenvalue weighted by Crippen LogP contribution is 2.37. The largest absolute Gasteiger partial charge is 0.391 e. The Labute approximate surface area is 124 Å². The molecule has 0 amide bonds. The first-order valence-electron chi connectivity index (χ1n) is 8.11. The van der Waals surface area contributed by atoms with Crippen LogP contribution in [-0.4, -0.2) is 27.4 Å². The number of hydrogen-bond acceptors (Lipinski definition) is 3. The highest BCUT2D eigenvalue weighted by Gasteiger charge is 2.32. The van der Waals surface area contributed by atoms with E-state index in [1.165, 1.54) is 6.42 Å². The Kier molecular flexibility index (Phi) is 3.43. The minimum absolute atomic E-state index is 0.0894. The van der Waals surface area contributed by atoms with Gasteiger partial charge in [0.05, 0.1) is 23.2 Å². The molecule has 112 valence electrons. The van der Waals surface area contributed by atoms with Crippen molar-refractivity contribution < 1.29 is 9.84 Å². The number of fused-ring (bicyclic) bond motifs is 1. The molecule has 1 aromatic carbocycles. The predicted molar refractivity (Wildman–Crippen MR) is 81.2 cm³/mol. The number of nitrogens with zero attached hydrogens (tertiary/aromatic N) is 2. The van der Waals surface area contributed by atoms with E-state index in [1.807, 2.05) is 6.07 Å². The number of imidazole rings is 1. The molecule has 1 N–H and O–H groups in total. The van der Waals surface area contributed by atoms with Crippen LogP contribution in [0.15, 0.2) is 24.3 Å². The molecule has 0 radical (unpaired) electrons. The van der Waals surface area contributed by atoms with Crippen molar-refractivity contribution in [1.29, 1.82) is 0 Å². The van der Waals surface area contributed by atoms with Gasteiger partial charge in [-0.25, -0.2) is 4.98 Å². The maximum absolute atomic E-state index is 10.5. The van der Waals surface area contributed by atoms with E-state index in [9.17, 15) is 5.11 Å². The number of benzene rings is 1. The molecular formula is C17H22N2O2. The summed E-state index contributed by atoms with van der Waals surface area (Å²) in [6, 6.07) is 8.39. The zero-order valence-corrected chi connectivity index (χ0v) is 12.2. The summed E-state index contributed by atoms with van der Waals surface area (Å²) < 4.78 is 8.14. The summed E-state index contributed by atoms with van der Waals surface area (Å²) in [4.78, 5) is 4.83. The molecule has 1 saturated heterocycles. The van der Waals surface area contributed by atoms with Crippen molar-refractivity contribution in [3.63, 3.8) is 0 Å². The Balaban J connectivity index is 1.85. The van der Waals surface area contributed by atoms with Gasteiger partial charge in [0.25, 0.3) is 0 Å². The van der Waals surface area contributed by atoms with E-state index in [0.717, 1.165) is 55.6 Å². The van der Waals surface area contributed by atoms with E-state index >= 15 is 0 Å². The SMILES string of the molecule is O[C@@H]1CCCC[C@@H]1n1c([C@H]2CCCO2)nc2ccccc21. The second-order valence-electron chi connectivity index (χ2n) is 6.25. The standard InChI is InChI=1S/C17H22N2O2/c20-15-9-4-3-8-14(15)19-13-7-2-1-6-12(13)18-17(19)16-10-5-11-21-16/h1-2,6-7,14-16,20H,3-5,8-11H2/t14-,15+,16+/m0/s1. The van der Waals surface area contributed by atoms with Crippen LogP contribution in [0.3, 0.4) is 0 Å². The third-order valence-corrected chi connectivity index (χ3v) is 4.87. The van der Waals surface area contributed by atoms with E-state index in [1.54, 1.807) is 0 Å². The van der Waals surface area contributed by atoms with Crippen molar-refractivity contribution in [1.82, 2.24) is 9.55 Å². The average molecular weight is 286 g/mol. The topological polar surface area (TPSA) is 47.3 Å². The van der Waals surface area contributed by atoms with Crippen molar-refractivity contribution in [3.8, 4) is 0 Å². The summed E-state index contributed by atoms with van der Waals surface area (Å²) in [5.74, 6) is 1.01. The Morgan fingerprint density at radius 2 is 1.95 bits per heavy atom. The van der Waals surface area contributed by atoms with E-state index in [2.05, 4.69) is 22.8 Å². The number of aromatic nitrogens is 2. The molecule has 3 atom stereocenters. The second-order valence-corrected chi connectivity index (χ2v) is 6.25. The van der Waals surface area contributed by atoms with Crippen LogP contribution >= 0.6 is 0 Å². The lowest BCUT2D eigenvalue weighted by Gasteiger charge is -2.31. The number of ether oxygens (including phenoxy) is 1. The van der Waals surface area contributed by atoms with Gasteiger partial charge in [0.2, 0.25) is 0 Å². The molecule has 4 heteroatoms. The number of aliphatic hydroxyl groups excluding tert-OH is 1. The summed E-state index contributed by atoms with van der Waals surface area (Å²) in [7, 11) is 0. The Morgan fingerprint density at radius 3 is 2.76 bits per heavy atom. The lowest BCUT2D eigenvalue weighted by Crippen LogP contribution is -2.29. The van der Waals surface area contributed by atoms with Gasteiger partial charge in [-0.2, -0.15) is 0 Å². The molecule has 2 aliphatic rings. The molecule has 0 bridgehead atoms. The number of aliphatic hydroxyl groups is 1. The maximum Gasteiger partial charge on any atom is 0.139 e. The van der Waals surface area contributed by atoms with Crippen molar-refractivity contribution in [2.75, 3.05) is 6.61 Å². The van der Waals surface area contributed by atoms with Crippen molar-refractivity contribution in [3.05, 3.63) is 30.1 Å². The number of para-hydroxylation sites is 2. The second kappa shape index (κ2) is 5.43. The average Bonchev–Trinajstić information content (AvgIpc) is 3.15. The molecule has 4 nitrogen and oxygen atoms in total. The smallest absolute Gasteiger partial charge is 0.139 e. The van der Waals surface area contributed by atoms with Gasteiger partial charge in [0.15, 0.2) is 0 Å². The molecule has 2 fully saturated rings. The first-order chi connectivity index (χ1) is 10.3. The van der Waals surface area contributed by atoms with E-state index in [0.29, 0.717) is 0 Å². The van der Waals surface area contributed by atoms with Crippen LogP contribution < -0.4 is 0 Å². The number of rotatable bonds is 2. The molecule has 1 aromatic heterocycles. The minimum Gasteiger partial charge on any atom is -0.391 e. The summed E-state index contributed by atoms with van der Waals surface area (Å²) in [5.41, 5.74) is 2.15. The first-order valence-corrected chi connectivity index (χ1v) is 8.11. The molecule has 4 rings (SSSR count). The minimum atomic E-state index is -0.267. The van der Waals surface area contributed by atoms with Crippen molar-refractivity contribution in [2.24, 2.45) is 0 Å². The normalized spacial score (nSPS) is 30.0. The fourth-order valence-corrected chi connectivity index (χ4v) is 3.81. The van der Waals surface area contributed by atoms with Crippen LogP contribution in [0.2, 0.25) is 0 Å². The van der Waals surface area contributed by atoms with Crippen LogP contribution in [-0.2, 0) is 4.74 Å². The zero-order chi connectivity index (χ0) is 14.2. The van der Waals surface area contributed by atoms with E-state index in [-0.39, 0.29) is 18.2 Å². The lowest BCUT2D eigenvalue weighted by molar-refractivity contribution is 0.0630. The third kappa shape index (κ3) is 2.27. The molecule has 1 saturated carbocycles. The Hall–Kier alpha value is -1.39. The molecule has 1 aliphatic heterocycles. The maximum atomic E-state index is 10.5. The highest BCUT2D eigenvalue weighted by atomic mass is 16.5. The summed E-state index contributed by atoms with van der Waals surface area (Å²) in [6.45, 7) is 0.821. The monoisotopic (exact) mass is 286 g/mol. The molecule has 21 heavy (non-hydrogen) atoms. The molecular weight excluding hydrogens is 264 g/mol. The van der Waals surface area contributed by atoms with Gasteiger partial charge in [-0.1, -0.05) is 25.0 Å². The predicted octanol–water partition coefficient (Wildman–Crippen LogP) is 3.36. The van der Waals surface area contributed by atoms with Gasteiger partial charge < -0.3 is 14.4 Å². The van der Waals surface area contributed by atoms with Gasteiger partial charge in [0, 0.05) is 6.61 Å². The van der Waals surface area contributed by atoms with Gasteiger partial charge in [-0.05, 0) is 37.8 Å². The van der Waals surface area contributed by atoms with Crippen LogP contribution in [0.25, 0.3) is 11.0 Å². The lowest BCUT2D eigenvalue weighted by atomic mass is 9.92. The zero-order valence-electron chi connectivity index (χ0n) is 12.2. The van der Waals surface area contributed by atoms with Crippen LogP contribution in [0.4, 0.5) is 0 Å². The van der Waals surface area contributed by atoms with Crippen LogP contribution in [0, 0.1) is 0 Å². The molecule has 2 heterocycles. The summed E-state index contributed by atoms with van der Waals surface area (Å²) in [6.07, 6.45) is 6.18. The van der Waals surface area contributed by atoms with Crippen molar-refractivity contribution in [2.45, 2.75) is 56.8 Å². The fraction of sp³-hybridized carbons (Fsp3) is 0.588.